The van der Waals surface area contributed by atoms with Crippen molar-refractivity contribution in [2.24, 2.45) is 28.1 Å². The van der Waals surface area contributed by atoms with Gasteiger partial charge in [0, 0.05) is 18.3 Å². The minimum Gasteiger partial charge on any atom is -0.495 e. The van der Waals surface area contributed by atoms with Gasteiger partial charge in [-0.15, -0.1) is 0 Å². The molecule has 3 heterocycles. The Labute approximate surface area is 251 Å². The summed E-state index contributed by atoms with van der Waals surface area (Å²) in [6.45, 7) is 12.2. The second-order valence-corrected chi connectivity index (χ2v) is 13.9. The fourth-order valence-electron chi connectivity index (χ4n) is 7.57. The maximum absolute atomic E-state index is 13.5. The average Bonchev–Trinajstić information content (AvgIpc) is 2.88. The van der Waals surface area contributed by atoms with Crippen LogP contribution >= 0.6 is 0 Å². The molecule has 0 aromatic heterocycles. The summed E-state index contributed by atoms with van der Waals surface area (Å²) in [5.74, 6) is -2.25. The molecule has 0 amide bonds. The molecule has 238 valence electrons. The summed E-state index contributed by atoms with van der Waals surface area (Å²) in [5, 5.41) is 0. The van der Waals surface area contributed by atoms with Gasteiger partial charge in [0.05, 0.1) is 74.5 Å². The van der Waals surface area contributed by atoms with Gasteiger partial charge in [0.2, 0.25) is 0 Å². The summed E-state index contributed by atoms with van der Waals surface area (Å²) in [4.78, 5) is 51.5. The summed E-state index contributed by atoms with van der Waals surface area (Å²) >= 11 is 0. The van der Waals surface area contributed by atoms with Gasteiger partial charge in [0.15, 0.2) is 0 Å². The summed E-state index contributed by atoms with van der Waals surface area (Å²) in [5.41, 5.74) is -4.45. The third kappa shape index (κ3) is 5.75. The van der Waals surface area contributed by atoms with Gasteiger partial charge < -0.3 is 37.9 Å². The topological polar surface area (TPSA) is 142 Å². The molecule has 3 aliphatic heterocycles. The van der Waals surface area contributed by atoms with Crippen molar-refractivity contribution in [1.29, 1.82) is 0 Å². The number of rotatable bonds is 0. The van der Waals surface area contributed by atoms with Gasteiger partial charge >= 0.3 is 23.9 Å². The van der Waals surface area contributed by atoms with E-state index in [4.69, 9.17) is 37.9 Å². The number of carbonyl (C=O) groups is 4. The van der Waals surface area contributed by atoms with Gasteiger partial charge in [-0.2, -0.15) is 0 Å². The summed E-state index contributed by atoms with van der Waals surface area (Å²) in [6.07, 6.45) is 3.12. The van der Waals surface area contributed by atoms with Crippen molar-refractivity contribution >= 4 is 23.9 Å². The van der Waals surface area contributed by atoms with E-state index in [-0.39, 0.29) is 52.5 Å². The Balaban J connectivity index is 1.31. The average molecular weight is 607 g/mol. The van der Waals surface area contributed by atoms with Crippen LogP contribution in [0.4, 0.5) is 0 Å². The monoisotopic (exact) mass is 606 g/mol. The van der Waals surface area contributed by atoms with E-state index in [0.29, 0.717) is 24.7 Å². The molecule has 1 saturated heterocycles. The van der Waals surface area contributed by atoms with Gasteiger partial charge in [-0.25, -0.2) is 9.59 Å². The number of carbonyl (C=O) groups excluding carboxylic acids is 4. The number of esters is 4. The second kappa shape index (κ2) is 11.1. The molecule has 0 radical (unpaired) electrons. The Bertz CT molecular complexity index is 1140. The molecule has 2 aliphatic carbocycles. The van der Waals surface area contributed by atoms with E-state index in [9.17, 15) is 19.2 Å². The maximum atomic E-state index is 13.5. The van der Waals surface area contributed by atoms with E-state index in [1.54, 1.807) is 27.7 Å². The molecule has 5 rings (SSSR count). The number of hydrogen-bond acceptors (Lipinski definition) is 12. The first-order chi connectivity index (χ1) is 20.1. The van der Waals surface area contributed by atoms with Crippen LogP contribution in [0.25, 0.3) is 0 Å². The molecule has 0 N–H and O–H groups in total. The van der Waals surface area contributed by atoms with Crippen LogP contribution in [-0.2, 0) is 57.1 Å². The van der Waals surface area contributed by atoms with Crippen molar-refractivity contribution in [3.8, 4) is 0 Å². The lowest BCUT2D eigenvalue weighted by molar-refractivity contribution is -0.229. The van der Waals surface area contributed by atoms with Crippen LogP contribution in [0.5, 0.6) is 0 Å². The third-order valence-corrected chi connectivity index (χ3v) is 9.17. The van der Waals surface area contributed by atoms with Crippen LogP contribution in [-0.4, -0.2) is 87.9 Å². The molecule has 12 nitrogen and oxygen atoms in total. The third-order valence-electron chi connectivity index (χ3n) is 9.17. The van der Waals surface area contributed by atoms with Gasteiger partial charge in [-0.3, -0.25) is 9.59 Å². The van der Waals surface area contributed by atoms with Crippen molar-refractivity contribution in [2.75, 3.05) is 52.9 Å². The molecule has 43 heavy (non-hydrogen) atoms. The highest BCUT2D eigenvalue weighted by Gasteiger charge is 2.70. The molecular formula is C31H42O12. The molecule has 0 aromatic rings. The lowest BCUT2D eigenvalue weighted by Crippen LogP contribution is -2.66. The van der Waals surface area contributed by atoms with Crippen LogP contribution in [0.1, 0.15) is 54.4 Å². The fraction of sp³-hybridized carbons (Fsp3) is 0.742. The van der Waals surface area contributed by atoms with Crippen molar-refractivity contribution in [3.05, 3.63) is 23.7 Å². The first-order valence-electron chi connectivity index (χ1n) is 14.8. The lowest BCUT2D eigenvalue weighted by Gasteiger charge is -2.58. The fourth-order valence-corrected chi connectivity index (χ4v) is 7.57. The molecule has 6 atom stereocenters. The number of ether oxygens (including phenoxy) is 8. The second-order valence-electron chi connectivity index (χ2n) is 13.9. The van der Waals surface area contributed by atoms with E-state index in [1.165, 1.54) is 12.2 Å². The van der Waals surface area contributed by atoms with Gasteiger partial charge in [-0.05, 0) is 27.7 Å². The molecule has 0 aromatic carbocycles. The molecule has 5 aliphatic rings. The minimum atomic E-state index is -0.983. The number of hydrogen-bond donors (Lipinski definition) is 0. The molecule has 0 bridgehead atoms. The molecule has 6 unspecified atom stereocenters. The normalized spacial score (nSPS) is 40.4. The predicted octanol–water partition coefficient (Wildman–Crippen LogP) is 2.63. The Kier molecular flexibility index (Phi) is 8.09. The van der Waals surface area contributed by atoms with Crippen molar-refractivity contribution in [3.63, 3.8) is 0 Å². The van der Waals surface area contributed by atoms with E-state index < -0.39 is 63.2 Å². The van der Waals surface area contributed by atoms with E-state index in [1.807, 2.05) is 13.8 Å². The van der Waals surface area contributed by atoms with Crippen LogP contribution in [0.2, 0.25) is 0 Å². The SMILES string of the molecule is CC1(C)COC(=O)C2(C)CC3(C)OC(=O)C=C(OCCOCCOCCOC4=CC(=O)OC5(C)CC(C)(C(=O)OC1)C45)C32. The number of cyclic esters (lactones) is 2. The molecule has 12 heteroatoms. The van der Waals surface area contributed by atoms with Crippen molar-refractivity contribution in [1.82, 2.24) is 0 Å². The van der Waals surface area contributed by atoms with Gasteiger partial charge in [-0.1, -0.05) is 13.8 Å². The lowest BCUT2D eigenvalue weighted by atomic mass is 9.51. The summed E-state index contributed by atoms with van der Waals surface area (Å²) in [7, 11) is 0. The highest BCUT2D eigenvalue weighted by molar-refractivity contribution is 5.88. The van der Waals surface area contributed by atoms with Crippen LogP contribution in [0.15, 0.2) is 23.7 Å². The van der Waals surface area contributed by atoms with Crippen molar-refractivity contribution in [2.45, 2.75) is 65.6 Å². The largest absolute Gasteiger partial charge is 0.495 e. The maximum Gasteiger partial charge on any atom is 0.334 e. The van der Waals surface area contributed by atoms with Crippen molar-refractivity contribution < 1.29 is 57.1 Å². The zero-order chi connectivity index (χ0) is 31.3. The molecule has 3 fully saturated rings. The van der Waals surface area contributed by atoms with E-state index in [0.717, 1.165) is 0 Å². The minimum absolute atomic E-state index is 0.00456. The first-order valence-corrected chi connectivity index (χ1v) is 14.8. The Morgan fingerprint density at radius 3 is 1.33 bits per heavy atom. The van der Waals surface area contributed by atoms with Gasteiger partial charge in [0.25, 0.3) is 0 Å². The zero-order valence-corrected chi connectivity index (χ0v) is 25.8. The Morgan fingerprint density at radius 2 is 0.930 bits per heavy atom. The summed E-state index contributed by atoms with van der Waals surface area (Å²) < 4.78 is 45.8. The smallest absolute Gasteiger partial charge is 0.334 e. The van der Waals surface area contributed by atoms with E-state index in [2.05, 4.69) is 0 Å². The standard InChI is InChI=1S/C31H42O12/c1-27(2)17-40-25(34)28(3)15-30(5)23(28)19(13-21(32)42-30)38-11-9-36-7-8-37-10-12-39-20-14-22(33)43-31(6)16-29(4,24(20)31)26(35)41-18-27/h13-14,23-24H,7-12,15-18H2,1-6H3. The predicted molar refractivity (Wildman–Crippen MR) is 147 cm³/mol. The molecule has 0 spiro atoms. The van der Waals surface area contributed by atoms with E-state index >= 15 is 0 Å². The van der Waals surface area contributed by atoms with Crippen LogP contribution < -0.4 is 0 Å². The molecular weight excluding hydrogens is 564 g/mol. The van der Waals surface area contributed by atoms with Gasteiger partial charge in [0.1, 0.15) is 35.9 Å². The quantitative estimate of drug-likeness (QED) is 0.296. The van der Waals surface area contributed by atoms with Crippen LogP contribution in [0.3, 0.4) is 0 Å². The Morgan fingerprint density at radius 1 is 0.558 bits per heavy atom. The first kappa shape index (κ1) is 31.3. The Hall–Kier alpha value is -3.12. The van der Waals surface area contributed by atoms with Crippen LogP contribution in [0, 0.1) is 28.1 Å². The zero-order valence-electron chi connectivity index (χ0n) is 25.8. The molecule has 2 saturated carbocycles. The highest BCUT2D eigenvalue weighted by Crippen LogP contribution is 2.62. The summed E-state index contributed by atoms with van der Waals surface area (Å²) in [6, 6.07) is 0. The highest BCUT2D eigenvalue weighted by atomic mass is 16.6.